The fourth-order valence-corrected chi connectivity index (χ4v) is 5.50. The Balaban J connectivity index is 1.67. The minimum Gasteiger partial charge on any atom is -0.466 e. The van der Waals surface area contributed by atoms with Crippen LogP contribution in [0.25, 0.3) is 0 Å². The molecule has 1 fully saturated rings. The van der Waals surface area contributed by atoms with Crippen LogP contribution in [0, 0.1) is 0 Å². The van der Waals surface area contributed by atoms with Crippen molar-refractivity contribution in [2.75, 3.05) is 26.7 Å². The van der Waals surface area contributed by atoms with Gasteiger partial charge in [-0.1, -0.05) is 59.6 Å². The van der Waals surface area contributed by atoms with E-state index in [1.165, 1.54) is 12.1 Å². The van der Waals surface area contributed by atoms with Gasteiger partial charge in [-0.25, -0.2) is 4.79 Å². The molecule has 1 aliphatic rings. The van der Waals surface area contributed by atoms with Gasteiger partial charge in [-0.05, 0) is 67.3 Å². The summed E-state index contributed by atoms with van der Waals surface area (Å²) in [5.41, 5.74) is -2.92. The number of alkyl halides is 6. The van der Waals surface area contributed by atoms with E-state index in [9.17, 15) is 36.2 Å². The summed E-state index contributed by atoms with van der Waals surface area (Å²) in [5.74, 6) is -2.85. The zero-order chi connectivity index (χ0) is 33.0. The molecule has 0 spiro atoms. The predicted octanol–water partition coefficient (Wildman–Crippen LogP) is 8.62. The van der Waals surface area contributed by atoms with Crippen molar-refractivity contribution in [3.63, 3.8) is 0 Å². The van der Waals surface area contributed by atoms with Gasteiger partial charge in [-0.2, -0.15) is 26.3 Å². The van der Waals surface area contributed by atoms with Gasteiger partial charge in [0, 0.05) is 19.0 Å². The topological polar surface area (TPSA) is 59.0 Å². The van der Waals surface area contributed by atoms with Gasteiger partial charge in [0.05, 0.1) is 40.0 Å². The maximum atomic E-state index is 13.6. The first-order chi connectivity index (χ1) is 21.1. The summed E-state index contributed by atoms with van der Waals surface area (Å²) >= 11 is 12.4. The number of nitrogens with zero attached hydrogens (tertiary/aromatic N) is 1. The van der Waals surface area contributed by atoms with E-state index < -0.39 is 46.7 Å². The molecule has 1 heterocycles. The summed E-state index contributed by atoms with van der Waals surface area (Å²) in [6.45, 7) is 1.37. The Kier molecular flexibility index (Phi) is 10.8. The standard InChI is InChI=1S/C32H29Cl2F6NO4/c1-44-29(42)19-28(45-24-17-22(31(35,36)37)16-23(18-24)32(38,39)40)25(20-7-8-26(33)27(34)15-20)9-12-41-13-10-30(43,11-14-41)21-5-3-2-4-6-21/h2-8,15-19,25,43H,9-14H2,1H3/b28-19-. The molecule has 3 aromatic rings. The van der Waals surface area contributed by atoms with Crippen LogP contribution in [0.2, 0.25) is 10.0 Å². The number of benzene rings is 3. The largest absolute Gasteiger partial charge is 0.466 e. The molecule has 5 nitrogen and oxygen atoms in total. The molecule has 3 aromatic carbocycles. The predicted molar refractivity (Wildman–Crippen MR) is 157 cm³/mol. The summed E-state index contributed by atoms with van der Waals surface area (Å²) in [6, 6.07) is 14.7. The van der Waals surface area contributed by atoms with Crippen molar-refractivity contribution in [3.05, 3.63) is 111 Å². The summed E-state index contributed by atoms with van der Waals surface area (Å²) in [7, 11) is 1.07. The lowest BCUT2D eigenvalue weighted by atomic mass is 9.84. The fraction of sp³-hybridized carbons (Fsp3) is 0.344. The minimum absolute atomic E-state index is 0.0139. The van der Waals surface area contributed by atoms with Crippen LogP contribution in [0.3, 0.4) is 0 Å². The molecule has 0 aromatic heterocycles. The first-order valence-electron chi connectivity index (χ1n) is 13.8. The van der Waals surface area contributed by atoms with Gasteiger partial charge in [0.2, 0.25) is 0 Å². The van der Waals surface area contributed by atoms with Crippen molar-refractivity contribution < 1.29 is 45.7 Å². The molecule has 1 saturated heterocycles. The molecule has 1 N–H and O–H groups in total. The molecule has 0 aliphatic carbocycles. The number of piperidine rings is 1. The van der Waals surface area contributed by atoms with Crippen LogP contribution >= 0.6 is 23.2 Å². The number of hydrogen-bond donors (Lipinski definition) is 1. The second-order valence-electron chi connectivity index (χ2n) is 10.7. The summed E-state index contributed by atoms with van der Waals surface area (Å²) in [5, 5.41) is 11.6. The Morgan fingerprint density at radius 2 is 1.53 bits per heavy atom. The third-order valence-corrected chi connectivity index (χ3v) is 8.42. The molecule has 4 rings (SSSR count). The lowest BCUT2D eigenvalue weighted by Crippen LogP contribution is -2.43. The molecule has 242 valence electrons. The van der Waals surface area contributed by atoms with Crippen molar-refractivity contribution in [1.82, 2.24) is 4.90 Å². The van der Waals surface area contributed by atoms with Crippen LogP contribution in [0.4, 0.5) is 26.3 Å². The van der Waals surface area contributed by atoms with Crippen LogP contribution < -0.4 is 4.74 Å². The van der Waals surface area contributed by atoms with E-state index in [1.807, 2.05) is 30.3 Å². The number of aliphatic hydroxyl groups is 1. The second kappa shape index (κ2) is 14.0. The Morgan fingerprint density at radius 1 is 0.933 bits per heavy atom. The number of rotatable bonds is 9. The Morgan fingerprint density at radius 3 is 2.07 bits per heavy atom. The number of allylic oxidation sites excluding steroid dienone is 1. The highest BCUT2D eigenvalue weighted by Crippen LogP contribution is 2.41. The molecule has 1 aliphatic heterocycles. The normalized spacial score (nSPS) is 16.7. The SMILES string of the molecule is COC(=O)/C=C(\Oc1cc(C(F)(F)F)cc(C(F)(F)F)c1)C(CCN1CCC(O)(c2ccccc2)CC1)c1ccc(Cl)c(Cl)c1. The van der Waals surface area contributed by atoms with E-state index in [4.69, 9.17) is 32.7 Å². The quantitative estimate of drug-likeness (QED) is 0.107. The summed E-state index contributed by atoms with van der Waals surface area (Å²) in [4.78, 5) is 14.5. The van der Waals surface area contributed by atoms with Gasteiger partial charge in [0.25, 0.3) is 0 Å². The smallest absolute Gasteiger partial charge is 0.416 e. The Hall–Kier alpha value is -3.25. The zero-order valence-corrected chi connectivity index (χ0v) is 25.4. The van der Waals surface area contributed by atoms with Crippen LogP contribution in [0.1, 0.15) is 47.4 Å². The van der Waals surface area contributed by atoms with E-state index in [-0.39, 0.29) is 28.3 Å². The van der Waals surface area contributed by atoms with E-state index >= 15 is 0 Å². The molecular weight excluding hydrogens is 647 g/mol. The number of likely N-dealkylation sites (tertiary alicyclic amines) is 1. The van der Waals surface area contributed by atoms with Crippen LogP contribution in [0.15, 0.2) is 78.6 Å². The first-order valence-corrected chi connectivity index (χ1v) is 14.6. The highest BCUT2D eigenvalue weighted by atomic mass is 35.5. The van der Waals surface area contributed by atoms with Crippen molar-refractivity contribution >= 4 is 29.2 Å². The lowest BCUT2D eigenvalue weighted by Gasteiger charge is -2.39. The number of methoxy groups -OCH3 is 1. The van der Waals surface area contributed by atoms with Gasteiger partial charge in [0.15, 0.2) is 0 Å². The van der Waals surface area contributed by atoms with Gasteiger partial charge < -0.3 is 19.5 Å². The van der Waals surface area contributed by atoms with Crippen molar-refractivity contribution in [3.8, 4) is 5.75 Å². The number of carbonyl (C=O) groups excluding carboxylic acids is 1. The molecular formula is C32H29Cl2F6NO4. The molecule has 13 heteroatoms. The van der Waals surface area contributed by atoms with Crippen molar-refractivity contribution in [1.29, 1.82) is 0 Å². The average molecular weight is 676 g/mol. The highest BCUT2D eigenvalue weighted by molar-refractivity contribution is 6.42. The van der Waals surface area contributed by atoms with Crippen LogP contribution in [-0.4, -0.2) is 42.7 Å². The van der Waals surface area contributed by atoms with Crippen molar-refractivity contribution in [2.24, 2.45) is 0 Å². The number of hydrogen-bond acceptors (Lipinski definition) is 5. The molecule has 45 heavy (non-hydrogen) atoms. The van der Waals surface area contributed by atoms with Gasteiger partial charge in [0.1, 0.15) is 11.5 Å². The van der Waals surface area contributed by atoms with Gasteiger partial charge in [-0.3, -0.25) is 0 Å². The average Bonchev–Trinajstić information content (AvgIpc) is 2.99. The highest BCUT2D eigenvalue weighted by Gasteiger charge is 2.38. The monoisotopic (exact) mass is 675 g/mol. The second-order valence-corrected chi connectivity index (χ2v) is 11.5. The summed E-state index contributed by atoms with van der Waals surface area (Å²) < 4.78 is 91.9. The van der Waals surface area contributed by atoms with Gasteiger partial charge in [-0.15, -0.1) is 0 Å². The Bertz CT molecular complexity index is 1490. The van der Waals surface area contributed by atoms with E-state index in [0.717, 1.165) is 18.7 Å². The molecule has 0 saturated carbocycles. The third kappa shape index (κ3) is 8.94. The zero-order valence-electron chi connectivity index (χ0n) is 23.9. The lowest BCUT2D eigenvalue weighted by molar-refractivity contribution is -0.143. The van der Waals surface area contributed by atoms with Crippen LogP contribution in [-0.2, 0) is 27.5 Å². The summed E-state index contributed by atoms with van der Waals surface area (Å²) in [6.07, 6.45) is -8.27. The molecule has 0 radical (unpaired) electrons. The number of halogens is 8. The van der Waals surface area contributed by atoms with E-state index in [1.54, 1.807) is 6.07 Å². The van der Waals surface area contributed by atoms with E-state index in [2.05, 4.69) is 4.90 Å². The number of ether oxygens (including phenoxy) is 2. The fourth-order valence-electron chi connectivity index (χ4n) is 5.20. The van der Waals surface area contributed by atoms with Crippen LogP contribution in [0.5, 0.6) is 5.75 Å². The minimum atomic E-state index is -5.11. The molecule has 1 unspecified atom stereocenters. The number of esters is 1. The number of carbonyl (C=O) groups is 1. The van der Waals surface area contributed by atoms with Crippen molar-refractivity contribution in [2.45, 2.75) is 43.1 Å². The van der Waals surface area contributed by atoms with Gasteiger partial charge >= 0.3 is 18.3 Å². The third-order valence-electron chi connectivity index (χ3n) is 7.68. The van der Waals surface area contributed by atoms with E-state index in [0.29, 0.717) is 50.2 Å². The molecule has 0 bridgehead atoms. The maximum absolute atomic E-state index is 13.6. The maximum Gasteiger partial charge on any atom is 0.416 e. The first kappa shape index (κ1) is 34.6. The Labute approximate surface area is 266 Å². The molecule has 1 atom stereocenters. The molecule has 0 amide bonds.